The zero-order valence-corrected chi connectivity index (χ0v) is 49.0. The summed E-state index contributed by atoms with van der Waals surface area (Å²) in [5.41, 5.74) is 0. The lowest BCUT2D eigenvalue weighted by Gasteiger charge is -2.18. The van der Waals surface area contributed by atoms with E-state index in [9.17, 15) is 14.4 Å². The summed E-state index contributed by atoms with van der Waals surface area (Å²) in [5, 5.41) is 0. The number of hydrogen-bond donors (Lipinski definition) is 0. The number of hydrogen-bond acceptors (Lipinski definition) is 6. The van der Waals surface area contributed by atoms with Crippen LogP contribution in [0.15, 0.2) is 109 Å². The van der Waals surface area contributed by atoms with Gasteiger partial charge in [-0.3, -0.25) is 14.4 Å². The normalized spacial score (nSPS) is 12.8. The molecule has 0 radical (unpaired) electrons. The van der Waals surface area contributed by atoms with E-state index in [2.05, 4.69) is 130 Å². The fourth-order valence-electron chi connectivity index (χ4n) is 8.60. The van der Waals surface area contributed by atoms with Gasteiger partial charge in [-0.2, -0.15) is 0 Å². The van der Waals surface area contributed by atoms with Crippen LogP contribution in [0.3, 0.4) is 0 Å². The Kier molecular flexibility index (Phi) is 59.3. The van der Waals surface area contributed by atoms with Crippen LogP contribution in [0, 0.1) is 0 Å². The van der Waals surface area contributed by atoms with Crippen molar-refractivity contribution < 1.29 is 28.6 Å². The minimum atomic E-state index is -0.795. The SMILES string of the molecule is CC/C=C\C/C=C\C/C=C\C/C=C\C/C=C\CCCCCCCCCCCCCC(=O)OCC(COC(=O)CCCCC/C=C\C/C=C\C/C=C\CC)OC(=O)CCCCCCCCC/C=C\CCCCCCCC. The van der Waals surface area contributed by atoms with Gasteiger partial charge in [-0.15, -0.1) is 0 Å². The summed E-state index contributed by atoms with van der Waals surface area (Å²) in [6, 6.07) is 0. The molecule has 0 bridgehead atoms. The van der Waals surface area contributed by atoms with Crippen LogP contribution in [0.1, 0.15) is 290 Å². The van der Waals surface area contributed by atoms with Gasteiger partial charge in [-0.1, -0.05) is 259 Å². The predicted molar refractivity (Wildman–Crippen MR) is 325 cm³/mol. The summed E-state index contributed by atoms with van der Waals surface area (Å²) >= 11 is 0. The maximum absolute atomic E-state index is 12.9. The zero-order valence-electron chi connectivity index (χ0n) is 49.0. The summed E-state index contributed by atoms with van der Waals surface area (Å²) in [5.74, 6) is -0.923. The lowest BCUT2D eigenvalue weighted by atomic mass is 10.0. The van der Waals surface area contributed by atoms with Gasteiger partial charge in [-0.05, 0) is 122 Å². The second kappa shape index (κ2) is 62.6. The summed E-state index contributed by atoms with van der Waals surface area (Å²) in [7, 11) is 0. The number of unbranched alkanes of at least 4 members (excludes halogenated alkanes) is 27. The molecule has 0 amide bonds. The van der Waals surface area contributed by atoms with Crippen molar-refractivity contribution in [2.24, 2.45) is 0 Å². The zero-order chi connectivity index (χ0) is 54.3. The molecule has 0 aliphatic heterocycles. The summed E-state index contributed by atoms with van der Waals surface area (Å²) in [6.07, 6.45) is 85.2. The summed E-state index contributed by atoms with van der Waals surface area (Å²) < 4.78 is 16.9. The Morgan fingerprint density at radius 2 is 0.520 bits per heavy atom. The van der Waals surface area contributed by atoms with Crippen molar-refractivity contribution in [1.82, 2.24) is 0 Å². The number of rotatable bonds is 56. The molecule has 0 heterocycles. The van der Waals surface area contributed by atoms with Crippen LogP contribution in [-0.2, 0) is 28.6 Å². The Bertz CT molecular complexity index is 1520. The first-order valence-electron chi connectivity index (χ1n) is 31.4. The van der Waals surface area contributed by atoms with Gasteiger partial charge in [0, 0.05) is 19.3 Å². The molecule has 0 aliphatic carbocycles. The van der Waals surface area contributed by atoms with E-state index < -0.39 is 6.10 Å². The molecule has 0 aromatic rings. The number of esters is 3. The highest BCUT2D eigenvalue weighted by Crippen LogP contribution is 2.16. The largest absolute Gasteiger partial charge is 0.462 e. The minimum absolute atomic E-state index is 0.0908. The Balaban J connectivity index is 4.32. The molecule has 0 aromatic carbocycles. The molecule has 428 valence electrons. The predicted octanol–water partition coefficient (Wildman–Crippen LogP) is 21.4. The molecular formula is C69H116O6. The highest BCUT2D eigenvalue weighted by molar-refractivity contribution is 5.71. The third-order valence-electron chi connectivity index (χ3n) is 13.2. The van der Waals surface area contributed by atoms with Gasteiger partial charge in [0.15, 0.2) is 6.10 Å². The van der Waals surface area contributed by atoms with E-state index >= 15 is 0 Å². The van der Waals surface area contributed by atoms with Crippen LogP contribution in [0.2, 0.25) is 0 Å². The van der Waals surface area contributed by atoms with E-state index in [4.69, 9.17) is 14.2 Å². The Morgan fingerprint density at radius 3 is 0.840 bits per heavy atom. The van der Waals surface area contributed by atoms with Gasteiger partial charge in [-0.25, -0.2) is 0 Å². The van der Waals surface area contributed by atoms with Crippen molar-refractivity contribution in [2.75, 3.05) is 13.2 Å². The van der Waals surface area contributed by atoms with E-state index in [1.807, 2.05) is 0 Å². The molecule has 6 nitrogen and oxygen atoms in total. The van der Waals surface area contributed by atoms with Crippen LogP contribution in [-0.4, -0.2) is 37.2 Å². The van der Waals surface area contributed by atoms with Crippen LogP contribution in [0.5, 0.6) is 0 Å². The van der Waals surface area contributed by atoms with Gasteiger partial charge < -0.3 is 14.2 Å². The first-order valence-corrected chi connectivity index (χ1v) is 31.4. The van der Waals surface area contributed by atoms with Crippen LogP contribution in [0.4, 0.5) is 0 Å². The van der Waals surface area contributed by atoms with Crippen molar-refractivity contribution in [3.63, 3.8) is 0 Å². The topological polar surface area (TPSA) is 78.9 Å². The van der Waals surface area contributed by atoms with E-state index in [-0.39, 0.29) is 31.1 Å². The standard InChI is InChI=1S/C69H116O6/c1-4-7-10-13-16-19-22-25-27-29-30-31-32-33-34-35-36-37-38-40-41-44-47-50-53-56-59-62-68(71)74-65-66(64-73-67(70)61-58-55-52-49-46-43-24-21-18-15-12-9-6-3)75-69(72)63-60-57-54-51-48-45-42-39-28-26-23-20-17-14-11-8-5-2/h7,9-10,12,16,18-19,21,25-28,30-31,33-34,43,46,66H,4-6,8,11,13-15,17,20,22-24,29,32,35-42,44-45,47-65H2,1-3H3/b10-7-,12-9-,19-16-,21-18-,27-25-,28-26-,31-30-,34-33-,46-43-. The maximum Gasteiger partial charge on any atom is 0.306 e. The number of carbonyl (C=O) groups excluding carboxylic acids is 3. The Hall–Kier alpha value is -3.93. The lowest BCUT2D eigenvalue weighted by molar-refractivity contribution is -0.167. The molecule has 1 atom stereocenters. The molecule has 0 aromatic heterocycles. The second-order valence-electron chi connectivity index (χ2n) is 20.5. The highest BCUT2D eigenvalue weighted by Gasteiger charge is 2.19. The van der Waals surface area contributed by atoms with Crippen LogP contribution in [0.25, 0.3) is 0 Å². The van der Waals surface area contributed by atoms with Gasteiger partial charge >= 0.3 is 17.9 Å². The number of ether oxygens (including phenoxy) is 3. The van der Waals surface area contributed by atoms with Gasteiger partial charge in [0.05, 0.1) is 0 Å². The number of carbonyl (C=O) groups is 3. The van der Waals surface area contributed by atoms with Crippen LogP contribution >= 0.6 is 0 Å². The van der Waals surface area contributed by atoms with Crippen molar-refractivity contribution in [2.45, 2.75) is 297 Å². The summed E-state index contributed by atoms with van der Waals surface area (Å²) in [6.45, 7) is 6.39. The summed E-state index contributed by atoms with van der Waals surface area (Å²) in [4.78, 5) is 38.2. The van der Waals surface area contributed by atoms with Gasteiger partial charge in [0.25, 0.3) is 0 Å². The average molecular weight is 1040 g/mol. The van der Waals surface area contributed by atoms with Crippen molar-refractivity contribution >= 4 is 17.9 Å². The fraction of sp³-hybridized carbons (Fsp3) is 0.696. The smallest absolute Gasteiger partial charge is 0.306 e. The molecular weight excluding hydrogens is 925 g/mol. The van der Waals surface area contributed by atoms with Gasteiger partial charge in [0.1, 0.15) is 13.2 Å². The molecule has 1 unspecified atom stereocenters. The second-order valence-corrected chi connectivity index (χ2v) is 20.5. The average Bonchev–Trinajstić information content (AvgIpc) is 3.41. The minimum Gasteiger partial charge on any atom is -0.462 e. The quantitative estimate of drug-likeness (QED) is 0.0261. The van der Waals surface area contributed by atoms with Crippen LogP contribution < -0.4 is 0 Å². The molecule has 0 N–H and O–H groups in total. The van der Waals surface area contributed by atoms with Gasteiger partial charge in [0.2, 0.25) is 0 Å². The first kappa shape index (κ1) is 71.1. The third kappa shape index (κ3) is 60.8. The Labute approximate surface area is 463 Å². The van der Waals surface area contributed by atoms with Crippen molar-refractivity contribution in [3.8, 4) is 0 Å². The Morgan fingerprint density at radius 1 is 0.280 bits per heavy atom. The van der Waals surface area contributed by atoms with E-state index in [0.29, 0.717) is 19.3 Å². The molecule has 6 heteroatoms. The third-order valence-corrected chi connectivity index (χ3v) is 13.2. The maximum atomic E-state index is 12.9. The van der Waals surface area contributed by atoms with Crippen molar-refractivity contribution in [1.29, 1.82) is 0 Å². The molecule has 75 heavy (non-hydrogen) atoms. The monoisotopic (exact) mass is 1040 g/mol. The molecule has 0 aliphatic rings. The molecule has 0 fully saturated rings. The van der Waals surface area contributed by atoms with E-state index in [0.717, 1.165) is 116 Å². The first-order chi connectivity index (χ1) is 37.0. The highest BCUT2D eigenvalue weighted by atomic mass is 16.6. The fourth-order valence-corrected chi connectivity index (χ4v) is 8.60. The number of allylic oxidation sites excluding steroid dienone is 18. The van der Waals surface area contributed by atoms with E-state index in [1.165, 1.54) is 135 Å². The molecule has 0 spiro atoms. The lowest BCUT2D eigenvalue weighted by Crippen LogP contribution is -2.30. The molecule has 0 rings (SSSR count). The van der Waals surface area contributed by atoms with Crippen molar-refractivity contribution in [3.05, 3.63) is 109 Å². The van der Waals surface area contributed by atoms with E-state index in [1.54, 1.807) is 0 Å². The molecule has 0 saturated carbocycles. The molecule has 0 saturated heterocycles.